The molecule has 2 nitrogen and oxygen atoms in total. The van der Waals surface area contributed by atoms with Crippen LogP contribution in [0.2, 0.25) is 0 Å². The monoisotopic (exact) mass is 804 g/mol. The van der Waals surface area contributed by atoms with Gasteiger partial charge >= 0.3 is 0 Å². The van der Waals surface area contributed by atoms with Crippen molar-refractivity contribution >= 4 is 44.9 Å². The van der Waals surface area contributed by atoms with Crippen LogP contribution in [0.1, 0.15) is 25.0 Å². The molecule has 2 heteroatoms. The lowest BCUT2D eigenvalue weighted by molar-refractivity contribution is 0.660. The Bertz CT molecular complexity index is 3210. The van der Waals surface area contributed by atoms with Gasteiger partial charge in [-0.25, -0.2) is 0 Å². The van der Waals surface area contributed by atoms with Crippen molar-refractivity contribution in [1.82, 2.24) is 0 Å². The smallest absolute Gasteiger partial charge is 0.0540 e. The number of para-hydroxylation sites is 2. The molecule has 12 rings (SSSR count). The molecule has 0 saturated carbocycles. The van der Waals surface area contributed by atoms with Gasteiger partial charge in [0.2, 0.25) is 0 Å². The van der Waals surface area contributed by atoms with Crippen LogP contribution >= 0.6 is 0 Å². The maximum absolute atomic E-state index is 2.49. The zero-order valence-corrected chi connectivity index (χ0v) is 35.3. The highest BCUT2D eigenvalue weighted by atomic mass is 15.2. The first-order valence-electron chi connectivity index (χ1n) is 21.9. The molecule has 0 radical (unpaired) electrons. The first kappa shape index (κ1) is 36.9. The summed E-state index contributed by atoms with van der Waals surface area (Å²) in [6.45, 7) is 4.73. The van der Waals surface area contributed by atoms with Gasteiger partial charge in [-0.15, -0.1) is 0 Å². The summed E-state index contributed by atoms with van der Waals surface area (Å²) in [4.78, 5) is 4.92. The number of nitrogens with zero attached hydrogens (tertiary/aromatic N) is 2. The Morgan fingerprint density at radius 3 is 1.41 bits per heavy atom. The fourth-order valence-corrected chi connectivity index (χ4v) is 10.4. The van der Waals surface area contributed by atoms with Crippen LogP contribution in [0.4, 0.5) is 34.1 Å². The molecule has 0 amide bonds. The summed E-state index contributed by atoms with van der Waals surface area (Å²) >= 11 is 0. The normalized spacial score (nSPS) is 13.0. The second-order valence-electron chi connectivity index (χ2n) is 17.3. The standard InChI is InChI=1S/C61H44N2/c1-61(2)55-25-12-9-20-48(55)49-37-36-47(40-56(49)61)63-57-26-13-10-21-50(57)52-23-15-24-54-59(39-38-53(60(52)54)51-22-11-14-27-58(51)63)62(45-32-28-43(29-33-45)41-16-5-3-6-17-41)46-34-30-44(31-35-46)42-18-7-4-8-19-42/h3-40H,1-2H3. The summed E-state index contributed by atoms with van der Waals surface area (Å²) in [7, 11) is 0. The highest BCUT2D eigenvalue weighted by Gasteiger charge is 2.36. The highest BCUT2D eigenvalue weighted by Crippen LogP contribution is 2.55. The highest BCUT2D eigenvalue weighted by molar-refractivity contribution is 6.17. The van der Waals surface area contributed by atoms with Crippen molar-refractivity contribution in [2.75, 3.05) is 9.80 Å². The van der Waals surface area contributed by atoms with E-state index in [0.29, 0.717) is 0 Å². The first-order valence-corrected chi connectivity index (χ1v) is 21.9. The molecule has 298 valence electrons. The van der Waals surface area contributed by atoms with Crippen molar-refractivity contribution in [2.45, 2.75) is 19.3 Å². The third kappa shape index (κ3) is 5.94. The fraction of sp³-hybridized carbons (Fsp3) is 0.0492. The Morgan fingerprint density at radius 2 is 0.810 bits per heavy atom. The molecule has 0 unspecified atom stereocenters. The summed E-state index contributed by atoms with van der Waals surface area (Å²) in [6.07, 6.45) is 0. The maximum atomic E-state index is 2.49. The minimum absolute atomic E-state index is 0.117. The summed E-state index contributed by atoms with van der Waals surface area (Å²) in [5.74, 6) is 0. The lowest BCUT2D eigenvalue weighted by Crippen LogP contribution is -2.17. The predicted octanol–water partition coefficient (Wildman–Crippen LogP) is 17.1. The van der Waals surface area contributed by atoms with Crippen LogP contribution in [0.15, 0.2) is 231 Å². The van der Waals surface area contributed by atoms with Crippen molar-refractivity contribution in [1.29, 1.82) is 0 Å². The number of rotatable bonds is 6. The number of fused-ring (bicyclic) bond motifs is 7. The molecule has 0 bridgehead atoms. The molecule has 0 saturated heterocycles. The van der Waals surface area contributed by atoms with E-state index in [-0.39, 0.29) is 5.41 Å². The first-order chi connectivity index (χ1) is 31.0. The molecule has 1 heterocycles. The Hall–Kier alpha value is -7.94. The molecule has 2 aliphatic rings. The van der Waals surface area contributed by atoms with E-state index in [2.05, 4.69) is 254 Å². The average Bonchev–Trinajstić information content (AvgIpc) is 3.57. The number of hydrogen-bond donors (Lipinski definition) is 0. The minimum atomic E-state index is -0.117. The van der Waals surface area contributed by atoms with Gasteiger partial charge in [0.25, 0.3) is 0 Å². The second kappa shape index (κ2) is 14.6. The van der Waals surface area contributed by atoms with E-state index in [9.17, 15) is 0 Å². The van der Waals surface area contributed by atoms with Crippen LogP contribution < -0.4 is 9.80 Å². The number of anilines is 6. The summed E-state index contributed by atoms with van der Waals surface area (Å²) in [5.41, 5.74) is 21.7. The van der Waals surface area contributed by atoms with Crippen molar-refractivity contribution in [3.63, 3.8) is 0 Å². The van der Waals surface area contributed by atoms with Crippen LogP contribution in [-0.4, -0.2) is 0 Å². The molecule has 0 fully saturated rings. The minimum Gasteiger partial charge on any atom is -0.310 e. The molecule has 63 heavy (non-hydrogen) atoms. The molecule has 1 aliphatic heterocycles. The SMILES string of the molecule is CC1(C)c2ccccc2-c2ccc(N3c4ccccc4-c4cccc5c(N(c6ccc(-c7ccccc7)cc6)c6ccc(-c7ccccc7)cc6)ccc(c45)-c4ccccc43)cc21. The van der Waals surface area contributed by atoms with E-state index in [0.717, 1.165) is 34.1 Å². The largest absolute Gasteiger partial charge is 0.310 e. The second-order valence-corrected chi connectivity index (χ2v) is 17.3. The van der Waals surface area contributed by atoms with Crippen molar-refractivity contribution in [2.24, 2.45) is 0 Å². The van der Waals surface area contributed by atoms with Gasteiger partial charge in [-0.1, -0.05) is 190 Å². The van der Waals surface area contributed by atoms with Crippen molar-refractivity contribution < 1.29 is 0 Å². The molecule has 0 aromatic heterocycles. The quantitative estimate of drug-likeness (QED) is 0.165. The Balaban J connectivity index is 1.06. The van der Waals surface area contributed by atoms with Gasteiger partial charge in [-0.3, -0.25) is 0 Å². The van der Waals surface area contributed by atoms with Gasteiger partial charge in [-0.05, 0) is 116 Å². The third-order valence-corrected chi connectivity index (χ3v) is 13.4. The zero-order valence-electron chi connectivity index (χ0n) is 35.3. The van der Waals surface area contributed by atoms with Gasteiger partial charge in [0.15, 0.2) is 0 Å². The molecule has 0 spiro atoms. The number of benzene rings is 10. The molecular formula is C61H44N2. The van der Waals surface area contributed by atoms with Gasteiger partial charge in [0.1, 0.15) is 0 Å². The van der Waals surface area contributed by atoms with Crippen molar-refractivity contribution in [3.8, 4) is 55.6 Å². The molecule has 10 aromatic rings. The average molecular weight is 805 g/mol. The van der Waals surface area contributed by atoms with Crippen LogP contribution in [-0.2, 0) is 5.41 Å². The lowest BCUT2D eigenvalue weighted by Gasteiger charge is -2.34. The third-order valence-electron chi connectivity index (χ3n) is 13.4. The Kier molecular flexibility index (Phi) is 8.55. The molecule has 10 aromatic carbocycles. The molecule has 0 atom stereocenters. The van der Waals surface area contributed by atoms with Crippen LogP contribution in [0.25, 0.3) is 66.4 Å². The van der Waals surface area contributed by atoms with Crippen LogP contribution in [0, 0.1) is 0 Å². The zero-order chi connectivity index (χ0) is 42.1. The van der Waals surface area contributed by atoms with E-state index in [1.54, 1.807) is 0 Å². The Labute approximate surface area is 369 Å². The summed E-state index contributed by atoms with van der Waals surface area (Å²) in [5, 5.41) is 2.44. The summed E-state index contributed by atoms with van der Waals surface area (Å²) < 4.78 is 0. The fourth-order valence-electron chi connectivity index (χ4n) is 10.4. The summed E-state index contributed by atoms with van der Waals surface area (Å²) in [6, 6.07) is 84.8. The van der Waals surface area contributed by atoms with E-state index in [1.807, 2.05) is 0 Å². The predicted molar refractivity (Wildman–Crippen MR) is 266 cm³/mol. The van der Waals surface area contributed by atoms with Crippen LogP contribution in [0.3, 0.4) is 0 Å². The van der Waals surface area contributed by atoms with Gasteiger partial charge < -0.3 is 9.80 Å². The molecule has 1 aliphatic carbocycles. The van der Waals surface area contributed by atoms with E-state index in [4.69, 9.17) is 0 Å². The lowest BCUT2D eigenvalue weighted by atomic mass is 9.82. The van der Waals surface area contributed by atoms with E-state index >= 15 is 0 Å². The maximum Gasteiger partial charge on any atom is 0.0540 e. The number of hydrogen-bond acceptors (Lipinski definition) is 2. The van der Waals surface area contributed by atoms with Gasteiger partial charge in [0, 0.05) is 39.0 Å². The van der Waals surface area contributed by atoms with Crippen molar-refractivity contribution in [3.05, 3.63) is 242 Å². The van der Waals surface area contributed by atoms with Gasteiger partial charge in [0.05, 0.1) is 17.1 Å². The van der Waals surface area contributed by atoms with Crippen LogP contribution in [0.5, 0.6) is 0 Å². The van der Waals surface area contributed by atoms with E-state index < -0.39 is 0 Å². The van der Waals surface area contributed by atoms with Gasteiger partial charge in [-0.2, -0.15) is 0 Å². The van der Waals surface area contributed by atoms with E-state index in [1.165, 1.54) is 77.5 Å². The molecule has 0 N–H and O–H groups in total. The molecular weight excluding hydrogens is 761 g/mol. The topological polar surface area (TPSA) is 6.48 Å². The Morgan fingerprint density at radius 1 is 0.349 bits per heavy atom.